The molecule has 0 bridgehead atoms. The van der Waals surface area contributed by atoms with E-state index in [2.05, 4.69) is 26.1 Å². The lowest BCUT2D eigenvalue weighted by Crippen LogP contribution is -2.41. The Bertz CT molecular complexity index is 419. The number of nitrogen functional groups attached to an aromatic ring is 1. The van der Waals surface area contributed by atoms with Gasteiger partial charge in [0.1, 0.15) is 0 Å². The predicted molar refractivity (Wildman–Crippen MR) is 72.0 cm³/mol. The normalized spacial score (nSPS) is 13.2. The van der Waals surface area contributed by atoms with Crippen molar-refractivity contribution in [3.8, 4) is 0 Å². The SMILES string of the molecule is Cc1cc(C(=O)NC(C)C(C)(C)C)ccc1N. The minimum atomic E-state index is -0.0458. The topological polar surface area (TPSA) is 55.1 Å². The molecular formula is C14H22N2O. The summed E-state index contributed by atoms with van der Waals surface area (Å²) in [5, 5.41) is 3.00. The van der Waals surface area contributed by atoms with Crippen LogP contribution < -0.4 is 11.1 Å². The minimum absolute atomic E-state index is 0.0458. The Morgan fingerprint density at radius 3 is 2.41 bits per heavy atom. The van der Waals surface area contributed by atoms with E-state index in [0.29, 0.717) is 11.3 Å². The molecule has 1 rings (SSSR count). The van der Waals surface area contributed by atoms with Crippen molar-refractivity contribution in [1.82, 2.24) is 5.32 Å². The van der Waals surface area contributed by atoms with Crippen LogP contribution in [0.1, 0.15) is 43.6 Å². The lowest BCUT2D eigenvalue weighted by Gasteiger charge is -2.28. The van der Waals surface area contributed by atoms with Gasteiger partial charge in [-0.1, -0.05) is 20.8 Å². The first kappa shape index (κ1) is 13.6. The quantitative estimate of drug-likeness (QED) is 0.773. The summed E-state index contributed by atoms with van der Waals surface area (Å²) in [5.74, 6) is -0.0458. The average molecular weight is 234 g/mol. The minimum Gasteiger partial charge on any atom is -0.399 e. The lowest BCUT2D eigenvalue weighted by molar-refractivity contribution is 0.0910. The van der Waals surface area contributed by atoms with Gasteiger partial charge in [-0.15, -0.1) is 0 Å². The fourth-order valence-electron chi connectivity index (χ4n) is 1.31. The molecule has 0 saturated carbocycles. The zero-order valence-corrected chi connectivity index (χ0v) is 11.3. The van der Waals surface area contributed by atoms with E-state index in [4.69, 9.17) is 5.73 Å². The summed E-state index contributed by atoms with van der Waals surface area (Å²) in [7, 11) is 0. The highest BCUT2D eigenvalue weighted by atomic mass is 16.1. The van der Waals surface area contributed by atoms with Crippen molar-refractivity contribution in [2.45, 2.75) is 40.7 Å². The van der Waals surface area contributed by atoms with Crippen molar-refractivity contribution < 1.29 is 4.79 Å². The summed E-state index contributed by atoms with van der Waals surface area (Å²) in [5.41, 5.74) is 8.09. The van der Waals surface area contributed by atoms with E-state index in [1.807, 2.05) is 19.9 Å². The Kier molecular flexibility index (Phi) is 3.81. The molecule has 0 radical (unpaired) electrons. The Hall–Kier alpha value is -1.51. The molecule has 3 nitrogen and oxygen atoms in total. The van der Waals surface area contributed by atoms with E-state index in [9.17, 15) is 4.79 Å². The summed E-state index contributed by atoms with van der Waals surface area (Å²) < 4.78 is 0. The van der Waals surface area contributed by atoms with Crippen LogP contribution in [-0.2, 0) is 0 Å². The van der Waals surface area contributed by atoms with E-state index in [0.717, 1.165) is 5.56 Å². The molecule has 0 aliphatic carbocycles. The number of nitrogens with two attached hydrogens (primary N) is 1. The third-order valence-electron chi connectivity index (χ3n) is 3.18. The molecule has 3 heteroatoms. The number of hydrogen-bond acceptors (Lipinski definition) is 2. The molecule has 1 amide bonds. The zero-order valence-electron chi connectivity index (χ0n) is 11.3. The summed E-state index contributed by atoms with van der Waals surface area (Å²) in [6.45, 7) is 10.2. The number of anilines is 1. The summed E-state index contributed by atoms with van der Waals surface area (Å²) in [6.07, 6.45) is 0. The largest absolute Gasteiger partial charge is 0.399 e. The predicted octanol–water partition coefficient (Wildman–Crippen LogP) is 2.74. The molecule has 1 aromatic carbocycles. The van der Waals surface area contributed by atoms with Crippen molar-refractivity contribution >= 4 is 11.6 Å². The number of benzene rings is 1. The summed E-state index contributed by atoms with van der Waals surface area (Å²) in [6, 6.07) is 5.46. The molecule has 0 aliphatic rings. The zero-order chi connectivity index (χ0) is 13.2. The van der Waals surface area contributed by atoms with Gasteiger partial charge in [0.2, 0.25) is 0 Å². The number of carbonyl (C=O) groups excluding carboxylic acids is 1. The number of carbonyl (C=O) groups is 1. The first-order chi connectivity index (χ1) is 7.71. The molecule has 1 aromatic rings. The van der Waals surface area contributed by atoms with Crippen molar-refractivity contribution in [3.05, 3.63) is 29.3 Å². The molecule has 17 heavy (non-hydrogen) atoms. The molecule has 1 atom stereocenters. The van der Waals surface area contributed by atoms with E-state index >= 15 is 0 Å². The standard InChI is InChI=1S/C14H22N2O/c1-9-8-11(6-7-12(9)15)13(17)16-10(2)14(3,4)5/h6-8,10H,15H2,1-5H3,(H,16,17). The molecule has 0 aliphatic heterocycles. The van der Waals surface area contributed by atoms with Gasteiger partial charge < -0.3 is 11.1 Å². The van der Waals surface area contributed by atoms with Crippen LogP contribution in [-0.4, -0.2) is 11.9 Å². The Morgan fingerprint density at radius 2 is 1.94 bits per heavy atom. The van der Waals surface area contributed by atoms with Crippen molar-refractivity contribution in [3.63, 3.8) is 0 Å². The smallest absolute Gasteiger partial charge is 0.251 e. The van der Waals surface area contributed by atoms with E-state index in [1.54, 1.807) is 12.1 Å². The second-order valence-electron chi connectivity index (χ2n) is 5.63. The van der Waals surface area contributed by atoms with Crippen LogP contribution >= 0.6 is 0 Å². The van der Waals surface area contributed by atoms with Crippen LogP contribution in [0.15, 0.2) is 18.2 Å². The molecule has 0 spiro atoms. The van der Waals surface area contributed by atoms with Gasteiger partial charge in [-0.2, -0.15) is 0 Å². The van der Waals surface area contributed by atoms with Crippen LogP contribution in [0.4, 0.5) is 5.69 Å². The van der Waals surface area contributed by atoms with Crippen molar-refractivity contribution in [2.24, 2.45) is 5.41 Å². The monoisotopic (exact) mass is 234 g/mol. The fourth-order valence-corrected chi connectivity index (χ4v) is 1.31. The first-order valence-corrected chi connectivity index (χ1v) is 5.89. The molecule has 0 heterocycles. The first-order valence-electron chi connectivity index (χ1n) is 5.89. The molecule has 94 valence electrons. The van der Waals surface area contributed by atoms with Gasteiger partial charge in [0.05, 0.1) is 0 Å². The van der Waals surface area contributed by atoms with Gasteiger partial charge >= 0.3 is 0 Å². The second-order valence-corrected chi connectivity index (χ2v) is 5.63. The Balaban J connectivity index is 2.80. The highest BCUT2D eigenvalue weighted by Gasteiger charge is 2.22. The summed E-state index contributed by atoms with van der Waals surface area (Å²) >= 11 is 0. The summed E-state index contributed by atoms with van der Waals surface area (Å²) in [4.78, 5) is 12.0. The van der Waals surface area contributed by atoms with Crippen LogP contribution in [0.2, 0.25) is 0 Å². The maximum Gasteiger partial charge on any atom is 0.251 e. The number of rotatable bonds is 2. The third-order valence-corrected chi connectivity index (χ3v) is 3.18. The van der Waals surface area contributed by atoms with Crippen LogP contribution in [0.5, 0.6) is 0 Å². The number of aryl methyl sites for hydroxylation is 1. The lowest BCUT2D eigenvalue weighted by atomic mass is 9.88. The Morgan fingerprint density at radius 1 is 1.35 bits per heavy atom. The maximum atomic E-state index is 12.0. The van der Waals surface area contributed by atoms with Gasteiger partial charge in [0.25, 0.3) is 5.91 Å². The van der Waals surface area contributed by atoms with Gasteiger partial charge in [-0.05, 0) is 43.0 Å². The highest BCUT2D eigenvalue weighted by Crippen LogP contribution is 2.19. The number of hydrogen-bond donors (Lipinski definition) is 2. The van der Waals surface area contributed by atoms with Gasteiger partial charge in [-0.3, -0.25) is 4.79 Å². The average Bonchev–Trinajstić information content (AvgIpc) is 2.20. The number of nitrogens with one attached hydrogen (secondary N) is 1. The van der Waals surface area contributed by atoms with Crippen molar-refractivity contribution in [2.75, 3.05) is 5.73 Å². The van der Waals surface area contributed by atoms with Crippen molar-refractivity contribution in [1.29, 1.82) is 0 Å². The fraction of sp³-hybridized carbons (Fsp3) is 0.500. The van der Waals surface area contributed by atoms with Gasteiger partial charge in [0.15, 0.2) is 0 Å². The molecule has 3 N–H and O–H groups in total. The molecule has 0 aromatic heterocycles. The van der Waals surface area contributed by atoms with Crippen LogP contribution in [0, 0.1) is 12.3 Å². The molecule has 0 saturated heterocycles. The highest BCUT2D eigenvalue weighted by molar-refractivity contribution is 5.95. The van der Waals surface area contributed by atoms with Crippen LogP contribution in [0.3, 0.4) is 0 Å². The van der Waals surface area contributed by atoms with Gasteiger partial charge in [0, 0.05) is 17.3 Å². The Labute approximate surface area is 103 Å². The third kappa shape index (κ3) is 3.48. The maximum absolute atomic E-state index is 12.0. The molecular weight excluding hydrogens is 212 g/mol. The second kappa shape index (κ2) is 4.78. The van der Waals surface area contributed by atoms with Gasteiger partial charge in [-0.25, -0.2) is 0 Å². The van der Waals surface area contributed by atoms with E-state index < -0.39 is 0 Å². The number of amides is 1. The van der Waals surface area contributed by atoms with Crippen LogP contribution in [0.25, 0.3) is 0 Å². The molecule has 0 fully saturated rings. The van der Waals surface area contributed by atoms with E-state index in [-0.39, 0.29) is 17.4 Å². The van der Waals surface area contributed by atoms with E-state index in [1.165, 1.54) is 0 Å². The molecule has 1 unspecified atom stereocenters.